The van der Waals surface area contributed by atoms with Crippen molar-refractivity contribution in [3.8, 4) is 0 Å². The molecule has 2 aliphatic carbocycles. The quantitative estimate of drug-likeness (QED) is 0.561. The second-order valence-corrected chi connectivity index (χ2v) is 7.63. The van der Waals surface area contributed by atoms with E-state index in [4.69, 9.17) is 0 Å². The van der Waals surface area contributed by atoms with Gasteiger partial charge in [-0.2, -0.15) is 4.99 Å². The summed E-state index contributed by atoms with van der Waals surface area (Å²) in [7, 11) is 0. The number of nitrogens with zero attached hydrogens (tertiary/aromatic N) is 1. The molecule has 2 heteroatoms. The highest BCUT2D eigenvalue weighted by molar-refractivity contribution is 5.43. The Morgan fingerprint density at radius 1 is 1.14 bits per heavy atom. The molecule has 0 radical (unpaired) electrons. The number of carbonyl (C=O) groups excluding carboxylic acids is 1. The van der Waals surface area contributed by atoms with Crippen molar-refractivity contribution >= 4 is 6.08 Å². The van der Waals surface area contributed by atoms with Crippen molar-refractivity contribution in [2.75, 3.05) is 0 Å². The molecule has 0 heterocycles. The largest absolute Gasteiger partial charge is 0.235 e. The molecule has 0 bridgehead atoms. The summed E-state index contributed by atoms with van der Waals surface area (Å²) in [6.07, 6.45) is 10.1. The van der Waals surface area contributed by atoms with Gasteiger partial charge in [0.1, 0.15) is 0 Å². The SMILES string of the molecule is CC1(C)CCCC(c2ccccc2C2(N=C=O)CCC2)C1. The summed E-state index contributed by atoms with van der Waals surface area (Å²) in [5.74, 6) is 0.615. The van der Waals surface area contributed by atoms with E-state index >= 15 is 0 Å². The molecule has 2 aliphatic rings. The van der Waals surface area contributed by atoms with E-state index in [0.717, 1.165) is 19.3 Å². The van der Waals surface area contributed by atoms with Crippen LogP contribution in [-0.2, 0) is 10.3 Å². The van der Waals surface area contributed by atoms with Gasteiger partial charge in [-0.3, -0.25) is 0 Å². The molecule has 0 aromatic heterocycles. The summed E-state index contributed by atoms with van der Waals surface area (Å²) < 4.78 is 0. The second kappa shape index (κ2) is 5.42. The number of aliphatic imine (C=N–C) groups is 1. The second-order valence-electron chi connectivity index (χ2n) is 7.63. The average molecular weight is 283 g/mol. The molecule has 3 rings (SSSR count). The maximum atomic E-state index is 10.9. The monoisotopic (exact) mass is 283 g/mol. The van der Waals surface area contributed by atoms with Crippen LogP contribution in [0.5, 0.6) is 0 Å². The van der Waals surface area contributed by atoms with Crippen LogP contribution in [0.1, 0.15) is 75.8 Å². The normalized spacial score (nSPS) is 26.5. The van der Waals surface area contributed by atoms with Gasteiger partial charge in [0.15, 0.2) is 0 Å². The average Bonchev–Trinajstić information content (AvgIpc) is 2.42. The molecule has 0 aliphatic heterocycles. The van der Waals surface area contributed by atoms with Crippen LogP contribution in [0.4, 0.5) is 0 Å². The molecule has 1 aromatic carbocycles. The zero-order valence-electron chi connectivity index (χ0n) is 13.2. The third kappa shape index (κ3) is 2.70. The lowest BCUT2D eigenvalue weighted by molar-refractivity contribution is 0.212. The first-order valence-corrected chi connectivity index (χ1v) is 8.25. The molecule has 2 nitrogen and oxygen atoms in total. The fourth-order valence-corrected chi connectivity index (χ4v) is 4.28. The minimum Gasteiger partial charge on any atom is -0.211 e. The molecule has 1 atom stereocenters. The van der Waals surface area contributed by atoms with Crippen molar-refractivity contribution < 1.29 is 4.79 Å². The van der Waals surface area contributed by atoms with Gasteiger partial charge in [-0.15, -0.1) is 0 Å². The van der Waals surface area contributed by atoms with Crippen molar-refractivity contribution in [1.82, 2.24) is 0 Å². The predicted molar refractivity (Wildman–Crippen MR) is 85.1 cm³/mol. The first kappa shape index (κ1) is 14.5. The molecule has 21 heavy (non-hydrogen) atoms. The van der Waals surface area contributed by atoms with Crippen LogP contribution in [0.15, 0.2) is 29.3 Å². The number of isocyanates is 1. The maximum absolute atomic E-state index is 10.9. The fraction of sp³-hybridized carbons (Fsp3) is 0.632. The van der Waals surface area contributed by atoms with Crippen molar-refractivity contribution in [3.05, 3.63) is 35.4 Å². The van der Waals surface area contributed by atoms with Crippen LogP contribution in [0, 0.1) is 5.41 Å². The Morgan fingerprint density at radius 2 is 1.90 bits per heavy atom. The number of rotatable bonds is 3. The Labute approximate surface area is 127 Å². The zero-order chi connectivity index (χ0) is 14.9. The summed E-state index contributed by atoms with van der Waals surface area (Å²) in [6.45, 7) is 4.76. The van der Waals surface area contributed by atoms with E-state index in [0.29, 0.717) is 11.3 Å². The Bertz CT molecular complexity index is 565. The molecule has 0 saturated heterocycles. The van der Waals surface area contributed by atoms with Crippen LogP contribution in [0.3, 0.4) is 0 Å². The number of hydrogen-bond donors (Lipinski definition) is 0. The van der Waals surface area contributed by atoms with E-state index in [9.17, 15) is 4.79 Å². The smallest absolute Gasteiger partial charge is 0.211 e. The fourth-order valence-electron chi connectivity index (χ4n) is 4.28. The predicted octanol–water partition coefficient (Wildman–Crippen LogP) is 5.09. The highest BCUT2D eigenvalue weighted by atomic mass is 16.1. The van der Waals surface area contributed by atoms with Gasteiger partial charge in [-0.05, 0) is 61.0 Å². The van der Waals surface area contributed by atoms with E-state index in [1.54, 1.807) is 0 Å². The van der Waals surface area contributed by atoms with E-state index in [-0.39, 0.29) is 5.54 Å². The lowest BCUT2D eigenvalue weighted by atomic mass is 9.65. The molecule has 2 saturated carbocycles. The lowest BCUT2D eigenvalue weighted by Gasteiger charge is -2.42. The van der Waals surface area contributed by atoms with Gasteiger partial charge in [0.2, 0.25) is 6.08 Å². The standard InChI is InChI=1S/C19H25NO/c1-18(2)10-5-7-15(13-18)16-8-3-4-9-17(16)19(20-14-21)11-6-12-19/h3-4,8-9,15H,5-7,10-13H2,1-2H3. The van der Waals surface area contributed by atoms with Gasteiger partial charge >= 0.3 is 0 Å². The third-order valence-electron chi connectivity index (χ3n) is 5.55. The third-order valence-corrected chi connectivity index (χ3v) is 5.55. The minimum atomic E-state index is -0.264. The van der Waals surface area contributed by atoms with Crippen LogP contribution in [0.2, 0.25) is 0 Å². The van der Waals surface area contributed by atoms with Gasteiger partial charge in [0.05, 0.1) is 5.54 Å². The van der Waals surface area contributed by atoms with Crippen molar-refractivity contribution in [3.63, 3.8) is 0 Å². The van der Waals surface area contributed by atoms with E-state index in [1.165, 1.54) is 36.8 Å². The van der Waals surface area contributed by atoms with Crippen molar-refractivity contribution in [2.24, 2.45) is 10.4 Å². The molecule has 0 N–H and O–H groups in total. The van der Waals surface area contributed by atoms with Gasteiger partial charge in [-0.1, -0.05) is 44.5 Å². The summed E-state index contributed by atoms with van der Waals surface area (Å²) in [5, 5.41) is 0. The summed E-state index contributed by atoms with van der Waals surface area (Å²) in [4.78, 5) is 15.1. The highest BCUT2D eigenvalue weighted by Gasteiger charge is 2.42. The molecule has 0 spiro atoms. The van der Waals surface area contributed by atoms with Crippen molar-refractivity contribution in [1.29, 1.82) is 0 Å². The van der Waals surface area contributed by atoms with Gasteiger partial charge < -0.3 is 0 Å². The summed E-state index contributed by atoms with van der Waals surface area (Å²) in [5.41, 5.74) is 2.89. The van der Waals surface area contributed by atoms with E-state index in [1.807, 2.05) is 6.08 Å². The molecule has 1 unspecified atom stereocenters. The summed E-state index contributed by atoms with van der Waals surface area (Å²) >= 11 is 0. The topological polar surface area (TPSA) is 29.4 Å². The van der Waals surface area contributed by atoms with E-state index in [2.05, 4.69) is 43.1 Å². The maximum Gasteiger partial charge on any atom is 0.235 e. The van der Waals surface area contributed by atoms with Gasteiger partial charge in [-0.25, -0.2) is 4.79 Å². The zero-order valence-corrected chi connectivity index (χ0v) is 13.2. The Balaban J connectivity index is 1.98. The Kier molecular flexibility index (Phi) is 3.75. The number of hydrogen-bond acceptors (Lipinski definition) is 2. The Hall–Kier alpha value is -1.40. The van der Waals surface area contributed by atoms with Crippen LogP contribution in [0.25, 0.3) is 0 Å². The molecule has 112 valence electrons. The van der Waals surface area contributed by atoms with Gasteiger partial charge in [0.25, 0.3) is 0 Å². The highest BCUT2D eigenvalue weighted by Crippen LogP contribution is 2.50. The van der Waals surface area contributed by atoms with Gasteiger partial charge in [0, 0.05) is 0 Å². The van der Waals surface area contributed by atoms with Crippen molar-refractivity contribution in [2.45, 2.75) is 70.3 Å². The number of benzene rings is 1. The molecular weight excluding hydrogens is 258 g/mol. The molecule has 0 amide bonds. The first-order chi connectivity index (χ1) is 10.1. The first-order valence-electron chi connectivity index (χ1n) is 8.25. The molecule has 2 fully saturated rings. The molecule has 1 aromatic rings. The van der Waals surface area contributed by atoms with Crippen LogP contribution in [-0.4, -0.2) is 6.08 Å². The van der Waals surface area contributed by atoms with Crippen LogP contribution >= 0.6 is 0 Å². The lowest BCUT2D eigenvalue weighted by Crippen LogP contribution is -2.34. The van der Waals surface area contributed by atoms with E-state index < -0.39 is 0 Å². The Morgan fingerprint density at radius 3 is 2.52 bits per heavy atom. The summed E-state index contributed by atoms with van der Waals surface area (Å²) in [6, 6.07) is 8.68. The molecular formula is C19H25NO. The minimum absolute atomic E-state index is 0.264. The van der Waals surface area contributed by atoms with Crippen LogP contribution < -0.4 is 0 Å².